The summed E-state index contributed by atoms with van der Waals surface area (Å²) in [5.41, 5.74) is 1.31. The number of hydrogen-bond donors (Lipinski definition) is 1. The largest absolute Gasteiger partial charge is 0.324 e. The van der Waals surface area contributed by atoms with E-state index >= 15 is 0 Å². The Morgan fingerprint density at radius 2 is 2.10 bits per heavy atom. The molecule has 2 aliphatic heterocycles. The third-order valence-corrected chi connectivity index (χ3v) is 4.46. The number of likely N-dealkylation sites (tertiary alicyclic amines) is 1. The Bertz CT molecular complexity index is 462. The molecular formula is C16H23N3O. The number of nitrogens with zero attached hydrogens (tertiary/aromatic N) is 2. The highest BCUT2D eigenvalue weighted by Gasteiger charge is 2.37. The number of aryl methyl sites for hydroxylation is 1. The average Bonchev–Trinajstić information content (AvgIpc) is 3.04. The lowest BCUT2D eigenvalue weighted by molar-refractivity contribution is -0.130. The minimum absolute atomic E-state index is 0.00103. The van der Waals surface area contributed by atoms with Gasteiger partial charge in [0.2, 0.25) is 5.91 Å². The Hall–Kier alpha value is -1.39. The summed E-state index contributed by atoms with van der Waals surface area (Å²) in [4.78, 5) is 16.8. The fraction of sp³-hybridized carbons (Fsp3) is 0.562. The molecule has 0 saturated carbocycles. The van der Waals surface area contributed by atoms with Crippen molar-refractivity contribution in [2.45, 2.75) is 31.3 Å². The molecule has 2 heterocycles. The van der Waals surface area contributed by atoms with Gasteiger partial charge in [0.05, 0.1) is 12.7 Å². The third-order valence-electron chi connectivity index (χ3n) is 4.46. The van der Waals surface area contributed by atoms with Crippen LogP contribution in [0.15, 0.2) is 30.3 Å². The van der Waals surface area contributed by atoms with Gasteiger partial charge in [0, 0.05) is 12.6 Å². The van der Waals surface area contributed by atoms with Crippen molar-refractivity contribution in [1.29, 1.82) is 0 Å². The number of nitrogens with one attached hydrogen (secondary N) is 1. The predicted molar refractivity (Wildman–Crippen MR) is 79.3 cm³/mol. The van der Waals surface area contributed by atoms with Gasteiger partial charge in [-0.15, -0.1) is 0 Å². The monoisotopic (exact) mass is 273 g/mol. The summed E-state index contributed by atoms with van der Waals surface area (Å²) < 4.78 is 0. The van der Waals surface area contributed by atoms with Crippen molar-refractivity contribution < 1.29 is 4.79 Å². The molecule has 4 heteroatoms. The average molecular weight is 273 g/mol. The number of carbonyl (C=O) groups is 1. The molecule has 20 heavy (non-hydrogen) atoms. The Labute approximate surface area is 120 Å². The molecule has 1 aromatic rings. The van der Waals surface area contributed by atoms with Crippen LogP contribution in [0.4, 0.5) is 0 Å². The first-order valence-corrected chi connectivity index (χ1v) is 7.50. The third kappa shape index (κ3) is 2.86. The van der Waals surface area contributed by atoms with Crippen LogP contribution in [-0.4, -0.2) is 54.6 Å². The fourth-order valence-electron chi connectivity index (χ4n) is 3.23. The summed E-state index contributed by atoms with van der Waals surface area (Å²) >= 11 is 0. The number of amides is 1. The van der Waals surface area contributed by atoms with Gasteiger partial charge in [0.15, 0.2) is 0 Å². The standard InChI is InChI=1S/C16H23N3O/c1-18-10-9-14(11-18)19-12-17-15(16(19)20)8-7-13-5-3-2-4-6-13/h2-6,14-15,17H,7-12H2,1H3. The van der Waals surface area contributed by atoms with E-state index in [2.05, 4.69) is 41.5 Å². The molecular weight excluding hydrogens is 250 g/mol. The van der Waals surface area contributed by atoms with Crippen LogP contribution in [0.3, 0.4) is 0 Å². The lowest BCUT2D eigenvalue weighted by Gasteiger charge is -2.23. The first-order chi connectivity index (χ1) is 9.74. The summed E-state index contributed by atoms with van der Waals surface area (Å²) in [5, 5.41) is 3.38. The number of carbonyl (C=O) groups excluding carboxylic acids is 1. The lowest BCUT2D eigenvalue weighted by Crippen LogP contribution is -2.40. The summed E-state index contributed by atoms with van der Waals surface area (Å²) in [6, 6.07) is 10.8. The smallest absolute Gasteiger partial charge is 0.241 e. The summed E-state index contributed by atoms with van der Waals surface area (Å²) in [6.45, 7) is 2.83. The fourth-order valence-corrected chi connectivity index (χ4v) is 3.23. The van der Waals surface area contributed by atoms with Crippen molar-refractivity contribution in [1.82, 2.24) is 15.1 Å². The van der Waals surface area contributed by atoms with Crippen LogP contribution in [0.2, 0.25) is 0 Å². The zero-order valence-electron chi connectivity index (χ0n) is 12.1. The molecule has 1 amide bonds. The first kappa shape index (κ1) is 13.6. The Morgan fingerprint density at radius 1 is 1.30 bits per heavy atom. The maximum atomic E-state index is 12.5. The summed E-state index contributed by atoms with van der Waals surface area (Å²) in [7, 11) is 2.13. The second-order valence-electron chi connectivity index (χ2n) is 5.95. The number of likely N-dealkylation sites (N-methyl/N-ethyl adjacent to an activating group) is 1. The Morgan fingerprint density at radius 3 is 2.80 bits per heavy atom. The minimum atomic E-state index is 0.00103. The normalized spacial score (nSPS) is 27.4. The highest BCUT2D eigenvalue weighted by Crippen LogP contribution is 2.19. The van der Waals surface area contributed by atoms with Crippen LogP contribution < -0.4 is 5.32 Å². The molecule has 0 aromatic heterocycles. The zero-order valence-corrected chi connectivity index (χ0v) is 12.1. The lowest BCUT2D eigenvalue weighted by atomic mass is 10.1. The second kappa shape index (κ2) is 5.94. The molecule has 0 bridgehead atoms. The minimum Gasteiger partial charge on any atom is -0.324 e. The van der Waals surface area contributed by atoms with Gasteiger partial charge in [-0.1, -0.05) is 30.3 Å². The maximum Gasteiger partial charge on any atom is 0.241 e. The van der Waals surface area contributed by atoms with E-state index in [9.17, 15) is 4.79 Å². The second-order valence-corrected chi connectivity index (χ2v) is 5.95. The van der Waals surface area contributed by atoms with Crippen molar-refractivity contribution in [3.8, 4) is 0 Å². The van der Waals surface area contributed by atoms with Crippen LogP contribution in [0.5, 0.6) is 0 Å². The zero-order chi connectivity index (χ0) is 13.9. The van der Waals surface area contributed by atoms with Gasteiger partial charge in [-0.2, -0.15) is 0 Å². The molecule has 1 aromatic carbocycles. The highest BCUT2D eigenvalue weighted by atomic mass is 16.2. The molecule has 2 unspecified atom stereocenters. The molecule has 2 aliphatic rings. The molecule has 1 N–H and O–H groups in total. The van der Waals surface area contributed by atoms with Crippen molar-refractivity contribution in [2.24, 2.45) is 0 Å². The van der Waals surface area contributed by atoms with Crippen LogP contribution >= 0.6 is 0 Å². The van der Waals surface area contributed by atoms with E-state index in [0.29, 0.717) is 11.9 Å². The van der Waals surface area contributed by atoms with E-state index in [1.807, 2.05) is 11.0 Å². The van der Waals surface area contributed by atoms with Crippen molar-refractivity contribution in [2.75, 3.05) is 26.8 Å². The van der Waals surface area contributed by atoms with E-state index in [1.54, 1.807) is 0 Å². The Balaban J connectivity index is 1.53. The molecule has 2 fully saturated rings. The van der Waals surface area contributed by atoms with Gasteiger partial charge in [0.1, 0.15) is 0 Å². The molecule has 108 valence electrons. The molecule has 0 radical (unpaired) electrons. The van der Waals surface area contributed by atoms with E-state index < -0.39 is 0 Å². The SMILES string of the molecule is CN1CCC(N2CNC(CCc3ccccc3)C2=O)C1. The number of hydrogen-bond acceptors (Lipinski definition) is 3. The molecule has 4 nitrogen and oxygen atoms in total. The maximum absolute atomic E-state index is 12.5. The van der Waals surface area contributed by atoms with Crippen LogP contribution in [0, 0.1) is 0 Å². The van der Waals surface area contributed by atoms with Crippen LogP contribution in [0.1, 0.15) is 18.4 Å². The number of benzene rings is 1. The van der Waals surface area contributed by atoms with Gasteiger partial charge in [-0.3, -0.25) is 10.1 Å². The first-order valence-electron chi connectivity index (χ1n) is 7.50. The van der Waals surface area contributed by atoms with Gasteiger partial charge in [-0.05, 0) is 38.4 Å². The van der Waals surface area contributed by atoms with Crippen LogP contribution in [0.25, 0.3) is 0 Å². The van der Waals surface area contributed by atoms with Crippen molar-refractivity contribution in [3.63, 3.8) is 0 Å². The molecule has 0 spiro atoms. The van der Waals surface area contributed by atoms with E-state index in [1.165, 1.54) is 5.56 Å². The Kier molecular flexibility index (Phi) is 4.03. The summed E-state index contributed by atoms with van der Waals surface area (Å²) in [6.07, 6.45) is 2.96. The van der Waals surface area contributed by atoms with Crippen molar-refractivity contribution in [3.05, 3.63) is 35.9 Å². The molecule has 3 rings (SSSR count). The van der Waals surface area contributed by atoms with Gasteiger partial charge in [0.25, 0.3) is 0 Å². The van der Waals surface area contributed by atoms with Gasteiger partial charge in [-0.25, -0.2) is 0 Å². The topological polar surface area (TPSA) is 35.6 Å². The molecule has 0 aliphatic carbocycles. The molecule has 2 atom stereocenters. The van der Waals surface area contributed by atoms with Crippen molar-refractivity contribution >= 4 is 5.91 Å². The van der Waals surface area contributed by atoms with E-state index in [4.69, 9.17) is 0 Å². The van der Waals surface area contributed by atoms with Gasteiger partial charge >= 0.3 is 0 Å². The quantitative estimate of drug-likeness (QED) is 0.892. The molecule has 2 saturated heterocycles. The highest BCUT2D eigenvalue weighted by molar-refractivity contribution is 5.84. The predicted octanol–water partition coefficient (Wildman–Crippen LogP) is 1.08. The van der Waals surface area contributed by atoms with Gasteiger partial charge < -0.3 is 9.80 Å². The summed E-state index contributed by atoms with van der Waals surface area (Å²) in [5.74, 6) is 0.293. The van der Waals surface area contributed by atoms with E-state index in [-0.39, 0.29) is 6.04 Å². The number of rotatable bonds is 4. The van der Waals surface area contributed by atoms with Crippen LogP contribution in [-0.2, 0) is 11.2 Å². The van der Waals surface area contributed by atoms with E-state index in [0.717, 1.165) is 39.0 Å².